The molecule has 2 aromatic carbocycles. The van der Waals surface area contributed by atoms with E-state index in [9.17, 15) is 14.0 Å². The molecular weight excluding hydrogens is 335 g/mol. The third kappa shape index (κ3) is 4.39. The van der Waals surface area contributed by atoms with Gasteiger partial charge in [0.25, 0.3) is 5.91 Å². The van der Waals surface area contributed by atoms with Crippen molar-refractivity contribution in [1.82, 2.24) is 4.90 Å². The smallest absolute Gasteiger partial charge is 0.262 e. The summed E-state index contributed by atoms with van der Waals surface area (Å²) in [4.78, 5) is 25.8. The molecule has 0 radical (unpaired) electrons. The normalized spacial score (nSPS) is 13.1. The lowest BCUT2D eigenvalue weighted by atomic mass is 9.99. The highest BCUT2D eigenvalue weighted by Gasteiger charge is 2.19. The fourth-order valence-corrected chi connectivity index (χ4v) is 2.97. The number of nitrogens with one attached hydrogen (secondary N) is 1. The van der Waals surface area contributed by atoms with Crippen molar-refractivity contribution in [3.63, 3.8) is 0 Å². The summed E-state index contributed by atoms with van der Waals surface area (Å²) in [6.07, 6.45) is 1.31. The minimum Gasteiger partial charge on any atom is -0.484 e. The number of fused-ring (bicyclic) bond motifs is 1. The topological polar surface area (TPSA) is 58.6 Å². The molecule has 3 rings (SSSR count). The van der Waals surface area contributed by atoms with Gasteiger partial charge in [0.2, 0.25) is 5.91 Å². The molecule has 0 atom stereocenters. The van der Waals surface area contributed by atoms with E-state index in [0.29, 0.717) is 24.4 Å². The first-order chi connectivity index (χ1) is 12.5. The molecule has 2 aromatic rings. The summed E-state index contributed by atoms with van der Waals surface area (Å²) >= 11 is 0. The number of halogens is 1. The number of nitrogens with zero attached hydrogens (tertiary/aromatic N) is 1. The van der Waals surface area contributed by atoms with E-state index in [2.05, 4.69) is 5.32 Å². The third-order valence-corrected chi connectivity index (χ3v) is 4.32. The molecule has 0 spiro atoms. The zero-order chi connectivity index (χ0) is 18.5. The lowest BCUT2D eigenvalue weighted by Crippen LogP contribution is -2.35. The van der Waals surface area contributed by atoms with Crippen LogP contribution >= 0.6 is 0 Å². The zero-order valence-electron chi connectivity index (χ0n) is 14.6. The van der Waals surface area contributed by atoms with Crippen LogP contribution in [0.4, 0.5) is 10.1 Å². The molecule has 0 aliphatic carbocycles. The molecule has 0 aromatic heterocycles. The van der Waals surface area contributed by atoms with Crippen molar-refractivity contribution in [3.8, 4) is 5.75 Å². The molecule has 6 heteroatoms. The maximum Gasteiger partial charge on any atom is 0.262 e. The molecule has 136 valence electrons. The maximum absolute atomic E-state index is 13.1. The van der Waals surface area contributed by atoms with E-state index >= 15 is 0 Å². The number of rotatable bonds is 5. The second-order valence-electron chi connectivity index (χ2n) is 6.20. The van der Waals surface area contributed by atoms with Crippen LogP contribution in [0.3, 0.4) is 0 Å². The Morgan fingerprint density at radius 1 is 1.19 bits per heavy atom. The summed E-state index contributed by atoms with van der Waals surface area (Å²) < 4.78 is 18.4. The fourth-order valence-electron chi connectivity index (χ4n) is 2.97. The van der Waals surface area contributed by atoms with Crippen molar-refractivity contribution in [3.05, 3.63) is 59.4 Å². The average molecular weight is 356 g/mol. The molecule has 1 aliphatic rings. The predicted octanol–water partition coefficient (Wildman–Crippen LogP) is 3.14. The number of anilines is 1. The number of amides is 2. The number of carbonyl (C=O) groups excluding carboxylic acids is 2. The minimum absolute atomic E-state index is 0.133. The Kier molecular flexibility index (Phi) is 5.51. The average Bonchev–Trinajstić information content (AvgIpc) is 2.65. The quantitative estimate of drug-likeness (QED) is 0.895. The van der Waals surface area contributed by atoms with Gasteiger partial charge in [-0.15, -0.1) is 0 Å². The maximum atomic E-state index is 13.1. The molecule has 0 saturated heterocycles. The zero-order valence-corrected chi connectivity index (χ0v) is 14.6. The highest BCUT2D eigenvalue weighted by Crippen LogP contribution is 2.23. The lowest BCUT2D eigenvalue weighted by molar-refractivity contribution is -0.131. The summed E-state index contributed by atoms with van der Waals surface area (Å²) in [6.45, 7) is 2.94. The van der Waals surface area contributed by atoms with Crippen LogP contribution in [0.2, 0.25) is 0 Å². The predicted molar refractivity (Wildman–Crippen MR) is 96.4 cm³/mol. The van der Waals surface area contributed by atoms with E-state index in [1.54, 1.807) is 6.07 Å². The Morgan fingerprint density at radius 2 is 2.04 bits per heavy atom. The van der Waals surface area contributed by atoms with Crippen LogP contribution in [0.5, 0.6) is 5.75 Å². The first-order valence-corrected chi connectivity index (χ1v) is 8.63. The Morgan fingerprint density at radius 3 is 2.81 bits per heavy atom. The Hall–Kier alpha value is -2.89. The number of hydrogen-bond donors (Lipinski definition) is 1. The lowest BCUT2D eigenvalue weighted by Gasteiger charge is -2.29. The van der Waals surface area contributed by atoms with Gasteiger partial charge in [0.05, 0.1) is 0 Å². The van der Waals surface area contributed by atoms with Crippen molar-refractivity contribution < 1.29 is 18.7 Å². The summed E-state index contributed by atoms with van der Waals surface area (Å²) in [5.74, 6) is -0.303. The van der Waals surface area contributed by atoms with Crippen LogP contribution in [0.25, 0.3) is 0 Å². The van der Waals surface area contributed by atoms with Gasteiger partial charge in [-0.25, -0.2) is 4.39 Å². The van der Waals surface area contributed by atoms with Crippen molar-refractivity contribution >= 4 is 17.5 Å². The Bertz CT molecular complexity index is 822. The molecule has 5 nitrogen and oxygen atoms in total. The standard InChI is InChI=1S/C20H21FN2O3/c1-2-20(25)23-9-8-14-6-7-17(10-15(14)12-23)22-19(24)13-26-18-5-3-4-16(21)11-18/h3-7,10-11H,2,8-9,12-13H2,1H3,(H,22,24). The monoisotopic (exact) mass is 356 g/mol. The van der Waals surface area contributed by atoms with Crippen molar-refractivity contribution in [2.45, 2.75) is 26.3 Å². The largest absolute Gasteiger partial charge is 0.484 e. The van der Waals surface area contributed by atoms with Gasteiger partial charge in [0.1, 0.15) is 11.6 Å². The Balaban J connectivity index is 1.60. The SMILES string of the molecule is CCC(=O)N1CCc2ccc(NC(=O)COc3cccc(F)c3)cc2C1. The van der Waals surface area contributed by atoms with Crippen molar-refractivity contribution in [2.24, 2.45) is 0 Å². The van der Waals surface area contributed by atoms with Gasteiger partial charge in [-0.2, -0.15) is 0 Å². The second-order valence-corrected chi connectivity index (χ2v) is 6.20. The molecule has 1 aliphatic heterocycles. The highest BCUT2D eigenvalue weighted by molar-refractivity contribution is 5.92. The third-order valence-electron chi connectivity index (χ3n) is 4.32. The molecular formula is C20H21FN2O3. The number of carbonyl (C=O) groups is 2. The highest BCUT2D eigenvalue weighted by atomic mass is 19.1. The summed E-state index contributed by atoms with van der Waals surface area (Å²) in [6, 6.07) is 11.4. The van der Waals surface area contributed by atoms with Crippen molar-refractivity contribution in [2.75, 3.05) is 18.5 Å². The van der Waals surface area contributed by atoms with Crippen molar-refractivity contribution in [1.29, 1.82) is 0 Å². The molecule has 0 fully saturated rings. The van der Waals surface area contributed by atoms with E-state index in [-0.39, 0.29) is 18.4 Å². The molecule has 2 amide bonds. The summed E-state index contributed by atoms with van der Waals surface area (Å²) in [7, 11) is 0. The van der Waals surface area contributed by atoms with Crippen LogP contribution in [0, 0.1) is 5.82 Å². The number of benzene rings is 2. The first kappa shape index (κ1) is 17.9. The van der Waals surface area contributed by atoms with E-state index in [1.807, 2.05) is 30.0 Å². The summed E-state index contributed by atoms with van der Waals surface area (Å²) in [5, 5.41) is 2.77. The van der Waals surface area contributed by atoms with Gasteiger partial charge in [0, 0.05) is 31.3 Å². The molecule has 1 heterocycles. The molecule has 0 bridgehead atoms. The van der Waals surface area contributed by atoms with Crippen LogP contribution in [-0.2, 0) is 22.6 Å². The van der Waals surface area contributed by atoms with E-state index in [0.717, 1.165) is 18.5 Å². The molecule has 0 saturated carbocycles. The van der Waals surface area contributed by atoms with E-state index < -0.39 is 5.82 Å². The molecule has 1 N–H and O–H groups in total. The van der Waals surface area contributed by atoms with Crippen LogP contribution in [0.15, 0.2) is 42.5 Å². The summed E-state index contributed by atoms with van der Waals surface area (Å²) in [5.41, 5.74) is 2.89. The van der Waals surface area contributed by atoms with Gasteiger partial charge >= 0.3 is 0 Å². The number of hydrogen-bond acceptors (Lipinski definition) is 3. The van der Waals surface area contributed by atoms with Crippen LogP contribution < -0.4 is 10.1 Å². The van der Waals surface area contributed by atoms with Gasteiger partial charge in [-0.05, 0) is 41.8 Å². The Labute approximate surface area is 151 Å². The molecule has 26 heavy (non-hydrogen) atoms. The fraction of sp³-hybridized carbons (Fsp3) is 0.300. The van der Waals surface area contributed by atoms with E-state index in [1.165, 1.54) is 23.8 Å². The second kappa shape index (κ2) is 7.99. The van der Waals surface area contributed by atoms with E-state index in [4.69, 9.17) is 4.74 Å². The minimum atomic E-state index is -0.413. The van der Waals surface area contributed by atoms with Gasteiger partial charge < -0.3 is 15.0 Å². The first-order valence-electron chi connectivity index (χ1n) is 8.63. The number of ether oxygens (including phenoxy) is 1. The van der Waals surface area contributed by atoms with Gasteiger partial charge in [-0.3, -0.25) is 9.59 Å². The van der Waals surface area contributed by atoms with Gasteiger partial charge in [-0.1, -0.05) is 19.1 Å². The van der Waals surface area contributed by atoms with Crippen LogP contribution in [0.1, 0.15) is 24.5 Å². The van der Waals surface area contributed by atoms with Gasteiger partial charge in [0.15, 0.2) is 6.61 Å². The molecule has 0 unspecified atom stereocenters. The van der Waals surface area contributed by atoms with Crippen LogP contribution in [-0.4, -0.2) is 29.9 Å².